The fraction of sp³-hybridized carbons (Fsp3) is 0.115. The van der Waals surface area contributed by atoms with Gasteiger partial charge in [-0.25, -0.2) is 13.6 Å². The number of anilines is 2. The molecule has 0 atom stereocenters. The molecule has 1 amide bonds. The summed E-state index contributed by atoms with van der Waals surface area (Å²) in [5, 5.41) is 13.3. The topological polar surface area (TPSA) is 111 Å². The van der Waals surface area contributed by atoms with Gasteiger partial charge in [0.2, 0.25) is 10.0 Å². The van der Waals surface area contributed by atoms with E-state index in [0.29, 0.717) is 18.0 Å². The number of nitrogens with one attached hydrogen (secondary N) is 2. The average molecular weight is 476 g/mol. The molecule has 0 aliphatic heterocycles. The quantitative estimate of drug-likeness (QED) is 0.349. The number of benzene rings is 4. The third-order valence-corrected chi connectivity index (χ3v) is 6.27. The van der Waals surface area contributed by atoms with Crippen molar-refractivity contribution in [2.75, 3.05) is 17.2 Å². The summed E-state index contributed by atoms with van der Waals surface area (Å²) in [6.45, 7) is 2.26. The Kier molecular flexibility index (Phi) is 6.81. The second-order valence-electron chi connectivity index (χ2n) is 7.89. The molecule has 0 saturated carbocycles. The van der Waals surface area contributed by atoms with Gasteiger partial charge in [-0.15, -0.1) is 0 Å². The van der Waals surface area contributed by atoms with Gasteiger partial charge in [-0.3, -0.25) is 4.79 Å². The van der Waals surface area contributed by atoms with E-state index in [2.05, 4.69) is 10.6 Å². The van der Waals surface area contributed by atoms with Crippen LogP contribution in [0.25, 0.3) is 10.8 Å². The molecule has 0 aromatic heterocycles. The smallest absolute Gasteiger partial charge is 0.262 e. The highest BCUT2D eigenvalue weighted by Gasteiger charge is 2.12. The highest BCUT2D eigenvalue weighted by Crippen LogP contribution is 2.29. The molecule has 4 aromatic carbocycles. The number of carbonyl (C=O) groups excluding carboxylic acids is 1. The number of primary sulfonamides is 1. The van der Waals surface area contributed by atoms with Crippen molar-refractivity contribution in [2.24, 2.45) is 5.14 Å². The summed E-state index contributed by atoms with van der Waals surface area (Å²) in [5.41, 5.74) is 3.43. The standard InChI is InChI=1S/C26H25N3O4S/c1-18-6-9-21(10-7-18)29-26(30)17-33-25-15-8-19-4-2-3-5-23(19)24(25)16-28-20-11-13-22(14-12-20)34(27,31)32/h2-15,28H,16-17H2,1H3,(H,29,30)(H2,27,31,32). The zero-order valence-corrected chi connectivity index (χ0v) is 19.4. The average Bonchev–Trinajstić information content (AvgIpc) is 2.82. The van der Waals surface area contributed by atoms with Crippen LogP contribution in [-0.4, -0.2) is 20.9 Å². The Morgan fingerprint density at radius 2 is 1.56 bits per heavy atom. The van der Waals surface area contributed by atoms with Crippen LogP contribution in [0.5, 0.6) is 5.75 Å². The fourth-order valence-corrected chi connectivity index (χ4v) is 4.08. The molecule has 0 bridgehead atoms. The lowest BCUT2D eigenvalue weighted by Gasteiger charge is -2.16. The summed E-state index contributed by atoms with van der Waals surface area (Å²) in [5.74, 6) is 0.334. The first-order valence-corrected chi connectivity index (χ1v) is 12.2. The van der Waals surface area contributed by atoms with E-state index in [9.17, 15) is 13.2 Å². The van der Waals surface area contributed by atoms with Crippen molar-refractivity contribution in [3.05, 3.63) is 96.1 Å². The van der Waals surface area contributed by atoms with E-state index in [1.54, 1.807) is 12.1 Å². The molecule has 0 fully saturated rings. The molecule has 34 heavy (non-hydrogen) atoms. The number of fused-ring (bicyclic) bond motifs is 1. The molecule has 0 spiro atoms. The van der Waals surface area contributed by atoms with Crippen LogP contribution in [0.3, 0.4) is 0 Å². The van der Waals surface area contributed by atoms with Gasteiger partial charge in [0.15, 0.2) is 6.61 Å². The molecule has 174 valence electrons. The van der Waals surface area contributed by atoms with Crippen LogP contribution < -0.4 is 20.5 Å². The number of rotatable bonds is 8. The number of aryl methyl sites for hydroxylation is 1. The van der Waals surface area contributed by atoms with E-state index < -0.39 is 10.0 Å². The zero-order valence-electron chi connectivity index (χ0n) is 18.6. The lowest BCUT2D eigenvalue weighted by atomic mass is 10.0. The molecule has 4 aromatic rings. The summed E-state index contributed by atoms with van der Waals surface area (Å²) in [4.78, 5) is 12.5. The molecule has 0 saturated heterocycles. The van der Waals surface area contributed by atoms with Gasteiger partial charge >= 0.3 is 0 Å². The number of amides is 1. The summed E-state index contributed by atoms with van der Waals surface area (Å²) < 4.78 is 28.9. The van der Waals surface area contributed by atoms with E-state index in [1.165, 1.54) is 12.1 Å². The minimum absolute atomic E-state index is 0.0480. The maximum Gasteiger partial charge on any atom is 0.262 e. The number of sulfonamides is 1. The fourth-order valence-electron chi connectivity index (χ4n) is 3.56. The van der Waals surface area contributed by atoms with Crippen molar-refractivity contribution in [2.45, 2.75) is 18.4 Å². The Balaban J connectivity index is 1.51. The van der Waals surface area contributed by atoms with Gasteiger partial charge in [-0.2, -0.15) is 0 Å². The van der Waals surface area contributed by atoms with Crippen molar-refractivity contribution in [3.8, 4) is 5.75 Å². The molecule has 7 nitrogen and oxygen atoms in total. The van der Waals surface area contributed by atoms with Crippen LogP contribution in [-0.2, 0) is 21.4 Å². The third kappa shape index (κ3) is 5.72. The lowest BCUT2D eigenvalue weighted by Crippen LogP contribution is -2.20. The summed E-state index contributed by atoms with van der Waals surface area (Å²) in [7, 11) is -3.75. The Labute approximate surface area is 198 Å². The van der Waals surface area contributed by atoms with Gasteiger partial charge < -0.3 is 15.4 Å². The molecule has 0 radical (unpaired) electrons. The molecule has 0 heterocycles. The predicted octanol–water partition coefficient (Wildman–Crippen LogP) is 4.43. The van der Waals surface area contributed by atoms with E-state index in [1.807, 2.05) is 67.6 Å². The maximum absolute atomic E-state index is 12.4. The zero-order chi connectivity index (χ0) is 24.1. The second kappa shape index (κ2) is 9.94. The predicted molar refractivity (Wildman–Crippen MR) is 134 cm³/mol. The second-order valence-corrected chi connectivity index (χ2v) is 9.45. The Morgan fingerprint density at radius 3 is 2.26 bits per heavy atom. The molecule has 0 aliphatic rings. The van der Waals surface area contributed by atoms with Gasteiger partial charge in [0.05, 0.1) is 4.90 Å². The molecular weight excluding hydrogens is 450 g/mol. The van der Waals surface area contributed by atoms with Crippen molar-refractivity contribution in [1.82, 2.24) is 0 Å². The molecule has 0 aliphatic carbocycles. The number of hydrogen-bond donors (Lipinski definition) is 3. The molecule has 8 heteroatoms. The van der Waals surface area contributed by atoms with Crippen LogP contribution >= 0.6 is 0 Å². The van der Waals surface area contributed by atoms with E-state index >= 15 is 0 Å². The highest BCUT2D eigenvalue weighted by molar-refractivity contribution is 7.89. The maximum atomic E-state index is 12.4. The van der Waals surface area contributed by atoms with Gasteiger partial charge in [0.1, 0.15) is 5.75 Å². The molecule has 4 rings (SSSR count). The highest BCUT2D eigenvalue weighted by atomic mass is 32.2. The van der Waals surface area contributed by atoms with Crippen LogP contribution in [0, 0.1) is 6.92 Å². The van der Waals surface area contributed by atoms with Gasteiger partial charge in [0.25, 0.3) is 5.91 Å². The van der Waals surface area contributed by atoms with Crippen LogP contribution in [0.2, 0.25) is 0 Å². The SMILES string of the molecule is Cc1ccc(NC(=O)COc2ccc3ccccc3c2CNc2ccc(S(N)(=O)=O)cc2)cc1. The Bertz CT molecular complexity index is 1420. The van der Waals surface area contributed by atoms with Gasteiger partial charge in [0, 0.05) is 23.5 Å². The van der Waals surface area contributed by atoms with Crippen molar-refractivity contribution < 1.29 is 17.9 Å². The minimum atomic E-state index is -3.75. The molecule has 0 unspecified atom stereocenters. The molecular formula is C26H25N3O4S. The minimum Gasteiger partial charge on any atom is -0.483 e. The van der Waals surface area contributed by atoms with E-state index in [4.69, 9.17) is 9.88 Å². The van der Waals surface area contributed by atoms with Crippen molar-refractivity contribution in [1.29, 1.82) is 0 Å². The molecule has 4 N–H and O–H groups in total. The normalized spacial score (nSPS) is 11.2. The summed E-state index contributed by atoms with van der Waals surface area (Å²) >= 11 is 0. The van der Waals surface area contributed by atoms with Gasteiger partial charge in [-0.05, 0) is 60.2 Å². The monoisotopic (exact) mass is 475 g/mol. The first kappa shape index (κ1) is 23.3. The Hall–Kier alpha value is -3.88. The van der Waals surface area contributed by atoms with Gasteiger partial charge in [-0.1, -0.05) is 48.0 Å². The van der Waals surface area contributed by atoms with Crippen LogP contribution in [0.15, 0.2) is 89.8 Å². The number of ether oxygens (including phenoxy) is 1. The third-order valence-electron chi connectivity index (χ3n) is 5.34. The first-order valence-electron chi connectivity index (χ1n) is 10.7. The van der Waals surface area contributed by atoms with E-state index in [-0.39, 0.29) is 17.4 Å². The number of hydrogen-bond acceptors (Lipinski definition) is 5. The number of carbonyl (C=O) groups is 1. The summed E-state index contributed by atoms with van der Waals surface area (Å²) in [6, 6.07) is 25.5. The lowest BCUT2D eigenvalue weighted by molar-refractivity contribution is -0.118. The largest absolute Gasteiger partial charge is 0.483 e. The van der Waals surface area contributed by atoms with E-state index in [0.717, 1.165) is 27.6 Å². The summed E-state index contributed by atoms with van der Waals surface area (Å²) in [6.07, 6.45) is 0. The Morgan fingerprint density at radius 1 is 0.882 bits per heavy atom. The van der Waals surface area contributed by atoms with Crippen molar-refractivity contribution >= 4 is 38.1 Å². The number of nitrogens with two attached hydrogens (primary N) is 1. The van der Waals surface area contributed by atoms with Crippen molar-refractivity contribution in [3.63, 3.8) is 0 Å². The first-order chi connectivity index (χ1) is 16.3. The van der Waals surface area contributed by atoms with Crippen LogP contribution in [0.1, 0.15) is 11.1 Å². The van der Waals surface area contributed by atoms with Crippen LogP contribution in [0.4, 0.5) is 11.4 Å².